The van der Waals surface area contributed by atoms with Crippen LogP contribution in [0.15, 0.2) is 65.1 Å². The third-order valence-electron chi connectivity index (χ3n) is 4.66. The Morgan fingerprint density at radius 2 is 1.94 bits per heavy atom. The van der Waals surface area contributed by atoms with Gasteiger partial charge >= 0.3 is 0 Å². The molecule has 31 heavy (non-hydrogen) atoms. The van der Waals surface area contributed by atoms with Gasteiger partial charge in [0.15, 0.2) is 11.5 Å². The van der Waals surface area contributed by atoms with Crippen LogP contribution < -0.4 is 9.47 Å². The first-order chi connectivity index (χ1) is 15.1. The molecule has 0 radical (unpaired) electrons. The van der Waals surface area contributed by atoms with Crippen LogP contribution in [0, 0.1) is 14.9 Å². The van der Waals surface area contributed by atoms with Crippen molar-refractivity contribution in [1.82, 2.24) is 9.97 Å². The molecule has 0 aliphatic heterocycles. The van der Waals surface area contributed by atoms with Gasteiger partial charge in [-0.3, -0.25) is 0 Å². The summed E-state index contributed by atoms with van der Waals surface area (Å²) in [5.74, 6) is 1.72. The molecule has 0 unspecified atom stereocenters. The van der Waals surface area contributed by atoms with Crippen LogP contribution in [0.25, 0.3) is 22.7 Å². The van der Waals surface area contributed by atoms with Crippen molar-refractivity contribution in [2.45, 2.75) is 6.61 Å². The van der Waals surface area contributed by atoms with Gasteiger partial charge in [-0.25, -0.2) is 4.98 Å². The van der Waals surface area contributed by atoms with E-state index in [-0.39, 0.29) is 0 Å². The minimum atomic E-state index is 0.423. The molecule has 0 amide bonds. The van der Waals surface area contributed by atoms with Crippen molar-refractivity contribution >= 4 is 61.2 Å². The second-order valence-corrected chi connectivity index (χ2v) is 8.81. The van der Waals surface area contributed by atoms with Gasteiger partial charge in [0.1, 0.15) is 18.5 Å². The van der Waals surface area contributed by atoms with Crippen molar-refractivity contribution in [3.8, 4) is 17.6 Å². The topological polar surface area (TPSA) is 70.9 Å². The van der Waals surface area contributed by atoms with E-state index in [0.717, 1.165) is 26.6 Å². The second-order valence-electron chi connectivity index (χ2n) is 6.71. The third-order valence-corrected chi connectivity index (χ3v) is 6.06. The highest BCUT2D eigenvalue weighted by Gasteiger charge is 2.13. The van der Waals surface area contributed by atoms with E-state index in [9.17, 15) is 5.26 Å². The fraction of sp³-hybridized carbons (Fsp3) is 0.0833. The number of aromatic amines is 1. The molecule has 0 aliphatic rings. The Hall–Kier alpha value is -2.83. The Kier molecular flexibility index (Phi) is 6.59. The maximum atomic E-state index is 9.72. The van der Waals surface area contributed by atoms with Crippen molar-refractivity contribution in [2.75, 3.05) is 7.11 Å². The van der Waals surface area contributed by atoms with Crippen molar-refractivity contribution in [2.24, 2.45) is 0 Å². The highest BCUT2D eigenvalue weighted by atomic mass is 127. The molecule has 4 aromatic rings. The van der Waals surface area contributed by atoms with E-state index < -0.39 is 0 Å². The van der Waals surface area contributed by atoms with Gasteiger partial charge in [-0.15, -0.1) is 0 Å². The van der Waals surface area contributed by atoms with Crippen LogP contribution in [0.1, 0.15) is 17.0 Å². The Balaban J connectivity index is 1.63. The molecule has 0 fully saturated rings. The Labute approximate surface area is 202 Å². The van der Waals surface area contributed by atoms with Crippen LogP contribution in [0.4, 0.5) is 0 Å². The van der Waals surface area contributed by atoms with Gasteiger partial charge in [0, 0.05) is 8.04 Å². The predicted octanol–water partition coefficient (Wildman–Crippen LogP) is 6.58. The zero-order chi connectivity index (χ0) is 21.8. The number of rotatable bonds is 6. The molecule has 0 aliphatic carbocycles. The summed E-state index contributed by atoms with van der Waals surface area (Å²) in [6.45, 7) is 0.428. The average molecular weight is 586 g/mol. The average Bonchev–Trinajstić information content (AvgIpc) is 3.22. The number of hydrogen-bond acceptors (Lipinski definition) is 4. The maximum absolute atomic E-state index is 9.72. The Morgan fingerprint density at radius 1 is 1.16 bits per heavy atom. The number of benzene rings is 3. The number of hydrogen-bond donors (Lipinski definition) is 1. The van der Waals surface area contributed by atoms with Crippen LogP contribution in [0.2, 0.25) is 0 Å². The number of para-hydroxylation sites is 2. The molecular formula is C24H17BrIN3O2. The number of halogens is 2. The van der Waals surface area contributed by atoms with Gasteiger partial charge in [-0.2, -0.15) is 5.26 Å². The summed E-state index contributed by atoms with van der Waals surface area (Å²) in [4.78, 5) is 7.72. The number of imidazole rings is 1. The minimum absolute atomic E-state index is 0.423. The highest BCUT2D eigenvalue weighted by Crippen LogP contribution is 2.36. The van der Waals surface area contributed by atoms with E-state index >= 15 is 0 Å². The van der Waals surface area contributed by atoms with Crippen molar-refractivity contribution < 1.29 is 9.47 Å². The number of nitriles is 1. The van der Waals surface area contributed by atoms with Crippen molar-refractivity contribution in [3.63, 3.8) is 0 Å². The lowest BCUT2D eigenvalue weighted by atomic mass is 10.1. The first-order valence-electron chi connectivity index (χ1n) is 9.39. The summed E-state index contributed by atoms with van der Waals surface area (Å²) >= 11 is 5.86. The van der Waals surface area contributed by atoms with E-state index in [1.54, 1.807) is 13.2 Å². The number of nitrogens with one attached hydrogen (secondary N) is 1. The number of fused-ring (bicyclic) bond motifs is 1. The van der Waals surface area contributed by atoms with Crippen LogP contribution in [0.3, 0.4) is 0 Å². The molecule has 1 heterocycles. The molecule has 1 N–H and O–H groups in total. The van der Waals surface area contributed by atoms with Crippen LogP contribution in [-0.2, 0) is 6.61 Å². The van der Waals surface area contributed by atoms with Crippen LogP contribution in [0.5, 0.6) is 11.5 Å². The van der Waals surface area contributed by atoms with E-state index in [1.165, 1.54) is 3.57 Å². The molecule has 5 nitrogen and oxygen atoms in total. The lowest BCUT2D eigenvalue weighted by Gasteiger charge is -2.13. The lowest BCUT2D eigenvalue weighted by molar-refractivity contribution is 0.284. The summed E-state index contributed by atoms with van der Waals surface area (Å²) in [5.41, 5.74) is 3.98. The molecule has 4 rings (SSSR count). The molecule has 0 atom stereocenters. The standard InChI is InChI=1S/C24H17BrIN3O2/c1-30-22-11-16(10-17(13-27)24-28-20-4-2-3-5-21(20)29-24)19(25)12-23(22)31-14-15-6-8-18(26)9-7-15/h2-12H,14H2,1H3,(H,28,29)/b17-10+. The number of methoxy groups -OCH3 is 1. The first-order valence-corrected chi connectivity index (χ1v) is 11.3. The number of H-pyrrole nitrogens is 1. The summed E-state index contributed by atoms with van der Waals surface area (Å²) in [6, 6.07) is 21.8. The van der Waals surface area contributed by atoms with E-state index in [1.807, 2.05) is 60.7 Å². The third kappa shape index (κ3) is 4.92. The molecule has 0 bridgehead atoms. The van der Waals surface area contributed by atoms with E-state index in [4.69, 9.17) is 9.47 Å². The normalized spacial score (nSPS) is 11.4. The van der Waals surface area contributed by atoms with E-state index in [0.29, 0.717) is 29.5 Å². The molecule has 154 valence electrons. The zero-order valence-electron chi connectivity index (χ0n) is 16.5. The predicted molar refractivity (Wildman–Crippen MR) is 134 cm³/mol. The first kappa shape index (κ1) is 21.4. The largest absolute Gasteiger partial charge is 0.493 e. The van der Waals surface area contributed by atoms with Crippen molar-refractivity contribution in [1.29, 1.82) is 5.26 Å². The molecule has 3 aromatic carbocycles. The monoisotopic (exact) mass is 585 g/mol. The maximum Gasteiger partial charge on any atom is 0.162 e. The molecule has 0 saturated heterocycles. The summed E-state index contributed by atoms with van der Waals surface area (Å²) < 4.78 is 13.5. The highest BCUT2D eigenvalue weighted by molar-refractivity contribution is 14.1. The van der Waals surface area contributed by atoms with Gasteiger partial charge in [-0.1, -0.05) is 40.2 Å². The zero-order valence-corrected chi connectivity index (χ0v) is 20.3. The molecule has 0 saturated carbocycles. The Morgan fingerprint density at radius 3 is 2.65 bits per heavy atom. The summed E-state index contributed by atoms with van der Waals surface area (Å²) in [7, 11) is 1.60. The smallest absolute Gasteiger partial charge is 0.162 e. The van der Waals surface area contributed by atoms with Gasteiger partial charge < -0.3 is 14.5 Å². The molecule has 7 heteroatoms. The van der Waals surface area contributed by atoms with Gasteiger partial charge in [-0.05, 0) is 76.2 Å². The van der Waals surface area contributed by atoms with Gasteiger partial charge in [0.2, 0.25) is 0 Å². The van der Waals surface area contributed by atoms with Gasteiger partial charge in [0.25, 0.3) is 0 Å². The van der Waals surface area contributed by atoms with E-state index in [2.05, 4.69) is 54.6 Å². The number of ether oxygens (including phenoxy) is 2. The molecular weight excluding hydrogens is 569 g/mol. The second kappa shape index (κ2) is 9.54. The SMILES string of the molecule is COc1cc(/C=C(\C#N)c2nc3ccccc3[nH]2)c(Br)cc1OCc1ccc(I)cc1. The van der Waals surface area contributed by atoms with Gasteiger partial charge in [0.05, 0.1) is 23.7 Å². The number of allylic oxidation sites excluding steroid dienone is 1. The van der Waals surface area contributed by atoms with Crippen molar-refractivity contribution in [3.05, 3.63) is 85.7 Å². The number of nitrogens with zero attached hydrogens (tertiary/aromatic N) is 2. The Bertz CT molecular complexity index is 1270. The molecule has 1 aromatic heterocycles. The fourth-order valence-corrected chi connectivity index (χ4v) is 3.86. The lowest BCUT2D eigenvalue weighted by Crippen LogP contribution is -1.98. The van der Waals surface area contributed by atoms with Crippen LogP contribution >= 0.6 is 38.5 Å². The number of aromatic nitrogens is 2. The molecule has 0 spiro atoms. The van der Waals surface area contributed by atoms with Crippen LogP contribution in [-0.4, -0.2) is 17.1 Å². The quantitative estimate of drug-likeness (QED) is 0.205. The summed E-state index contributed by atoms with van der Waals surface area (Å²) in [6.07, 6.45) is 1.77. The minimum Gasteiger partial charge on any atom is -0.493 e. The fourth-order valence-electron chi connectivity index (χ4n) is 3.06. The summed E-state index contributed by atoms with van der Waals surface area (Å²) in [5, 5.41) is 9.72.